The number of halogens is 2. The van der Waals surface area contributed by atoms with Crippen LogP contribution in [0.25, 0.3) is 22.2 Å². The van der Waals surface area contributed by atoms with Crippen LogP contribution in [0.2, 0.25) is 5.02 Å². The van der Waals surface area contributed by atoms with E-state index in [1.807, 2.05) is 36.4 Å². The van der Waals surface area contributed by atoms with Crippen molar-refractivity contribution < 1.29 is 8.42 Å². The molecule has 0 unspecified atom stereocenters. The number of rotatable bonds is 3. The van der Waals surface area contributed by atoms with E-state index < -0.39 is 10.0 Å². The van der Waals surface area contributed by atoms with Gasteiger partial charge in [0.2, 0.25) is 10.0 Å². The van der Waals surface area contributed by atoms with Gasteiger partial charge in [-0.1, -0.05) is 33.6 Å². The highest BCUT2D eigenvalue weighted by Gasteiger charge is 2.24. The zero-order chi connectivity index (χ0) is 19.9. The number of hydrogen-bond acceptors (Lipinski definition) is 5. The summed E-state index contributed by atoms with van der Waals surface area (Å²) in [5, 5.41) is 1.56. The van der Waals surface area contributed by atoms with Crippen molar-refractivity contribution in [1.29, 1.82) is 0 Å². The Bertz CT molecular complexity index is 1150. The Labute approximate surface area is 177 Å². The first-order valence-electron chi connectivity index (χ1n) is 8.73. The second-order valence-corrected chi connectivity index (χ2v) is 10.0. The van der Waals surface area contributed by atoms with Gasteiger partial charge >= 0.3 is 0 Å². The van der Waals surface area contributed by atoms with Crippen molar-refractivity contribution in [2.24, 2.45) is 0 Å². The highest BCUT2D eigenvalue weighted by Crippen LogP contribution is 2.34. The normalized spacial score (nSPS) is 15.9. The van der Waals surface area contributed by atoms with E-state index in [-0.39, 0.29) is 0 Å². The number of benzene rings is 2. The summed E-state index contributed by atoms with van der Waals surface area (Å²) < 4.78 is 25.8. The summed E-state index contributed by atoms with van der Waals surface area (Å²) in [7, 11) is -3.15. The number of piperazine rings is 1. The molecule has 28 heavy (non-hydrogen) atoms. The van der Waals surface area contributed by atoms with Gasteiger partial charge in [-0.15, -0.1) is 0 Å². The summed E-state index contributed by atoms with van der Waals surface area (Å²) >= 11 is 10.1. The largest absolute Gasteiger partial charge is 0.368 e. The lowest BCUT2D eigenvalue weighted by atomic mass is 10.1. The van der Waals surface area contributed by atoms with Crippen LogP contribution in [0.4, 0.5) is 5.69 Å². The first-order chi connectivity index (χ1) is 13.3. The van der Waals surface area contributed by atoms with Crippen LogP contribution in [0.5, 0.6) is 0 Å². The van der Waals surface area contributed by atoms with Crippen molar-refractivity contribution in [3.8, 4) is 11.3 Å². The predicted molar refractivity (Wildman–Crippen MR) is 116 cm³/mol. The Morgan fingerprint density at radius 1 is 1.04 bits per heavy atom. The fourth-order valence-corrected chi connectivity index (χ4v) is 4.92. The molecule has 2 heterocycles. The molecule has 2 aromatic carbocycles. The molecular weight excluding hydrogens is 464 g/mol. The van der Waals surface area contributed by atoms with Gasteiger partial charge in [0, 0.05) is 41.6 Å². The van der Waals surface area contributed by atoms with E-state index in [2.05, 4.69) is 30.8 Å². The average molecular weight is 482 g/mol. The minimum absolute atomic E-state index is 0.460. The molecule has 0 N–H and O–H groups in total. The first-order valence-corrected chi connectivity index (χ1v) is 11.7. The lowest BCUT2D eigenvalue weighted by Gasteiger charge is -2.35. The lowest BCUT2D eigenvalue weighted by Crippen LogP contribution is -2.48. The van der Waals surface area contributed by atoms with Crippen molar-refractivity contribution >= 4 is 54.1 Å². The zero-order valence-corrected chi connectivity index (χ0v) is 18.3. The van der Waals surface area contributed by atoms with Crippen LogP contribution in [0.15, 0.2) is 47.2 Å². The second kappa shape index (κ2) is 7.59. The summed E-state index contributed by atoms with van der Waals surface area (Å²) in [5.41, 5.74) is 3.50. The van der Waals surface area contributed by atoms with Crippen molar-refractivity contribution in [3.05, 3.63) is 52.2 Å². The van der Waals surface area contributed by atoms with Gasteiger partial charge in [-0.3, -0.25) is 0 Å². The molecule has 6 nitrogen and oxygen atoms in total. The number of anilines is 1. The zero-order valence-electron chi connectivity index (χ0n) is 15.1. The van der Waals surface area contributed by atoms with Crippen LogP contribution < -0.4 is 4.90 Å². The number of nitrogens with zero attached hydrogens (tertiary/aromatic N) is 4. The quantitative estimate of drug-likeness (QED) is 0.569. The molecule has 1 saturated heterocycles. The Kier molecular flexibility index (Phi) is 5.30. The standard InChI is InChI=1S/C19H18BrClN4O2S/c1-28(26,27)25-8-6-24(7-9-25)18-5-2-13(10-16(18)21)19-15-11-14(20)3-4-17(15)22-12-23-19/h2-5,10-12H,6-9H2,1H3. The second-order valence-electron chi connectivity index (χ2n) is 6.70. The molecule has 0 radical (unpaired) electrons. The van der Waals surface area contributed by atoms with Crippen LogP contribution >= 0.6 is 27.5 Å². The van der Waals surface area contributed by atoms with E-state index in [0.717, 1.165) is 32.3 Å². The summed E-state index contributed by atoms with van der Waals surface area (Å²) in [4.78, 5) is 10.9. The van der Waals surface area contributed by atoms with Crippen LogP contribution in [-0.2, 0) is 10.0 Å². The number of sulfonamides is 1. The molecule has 1 aliphatic rings. The molecule has 4 rings (SSSR count). The molecule has 1 aromatic heterocycles. The lowest BCUT2D eigenvalue weighted by molar-refractivity contribution is 0.388. The third-order valence-electron chi connectivity index (χ3n) is 4.87. The maximum atomic E-state index is 11.7. The molecule has 9 heteroatoms. The van der Waals surface area contributed by atoms with Gasteiger partial charge in [0.1, 0.15) is 6.33 Å². The highest BCUT2D eigenvalue weighted by atomic mass is 79.9. The van der Waals surface area contributed by atoms with Gasteiger partial charge in [0.15, 0.2) is 0 Å². The number of fused-ring (bicyclic) bond motifs is 1. The topological polar surface area (TPSA) is 66.4 Å². The smallest absolute Gasteiger partial charge is 0.211 e. The third-order valence-corrected chi connectivity index (χ3v) is 6.97. The van der Waals surface area contributed by atoms with E-state index in [0.29, 0.717) is 31.2 Å². The van der Waals surface area contributed by atoms with Crippen molar-refractivity contribution in [1.82, 2.24) is 14.3 Å². The molecule has 0 saturated carbocycles. The fraction of sp³-hybridized carbons (Fsp3) is 0.263. The molecule has 0 bridgehead atoms. The molecule has 146 valence electrons. The van der Waals surface area contributed by atoms with Gasteiger partial charge in [-0.05, 0) is 30.3 Å². The number of hydrogen-bond donors (Lipinski definition) is 0. The van der Waals surface area contributed by atoms with Gasteiger partial charge in [0.05, 0.1) is 28.2 Å². The van der Waals surface area contributed by atoms with Gasteiger partial charge in [-0.2, -0.15) is 4.31 Å². The maximum absolute atomic E-state index is 11.7. The SMILES string of the molecule is CS(=O)(=O)N1CCN(c2ccc(-c3ncnc4ccc(Br)cc34)cc2Cl)CC1. The van der Waals surface area contributed by atoms with Crippen LogP contribution in [0.1, 0.15) is 0 Å². The molecule has 1 fully saturated rings. The average Bonchev–Trinajstić information content (AvgIpc) is 2.67. The van der Waals surface area contributed by atoms with Crippen LogP contribution in [-0.4, -0.2) is 55.1 Å². The van der Waals surface area contributed by atoms with E-state index in [4.69, 9.17) is 11.6 Å². The minimum Gasteiger partial charge on any atom is -0.368 e. The van der Waals surface area contributed by atoms with Crippen molar-refractivity contribution in [2.75, 3.05) is 37.3 Å². The molecule has 1 aliphatic heterocycles. The molecule has 3 aromatic rings. The molecule has 0 aliphatic carbocycles. The molecular formula is C19H18BrClN4O2S. The fourth-order valence-electron chi connectivity index (χ4n) is 3.43. The van der Waals surface area contributed by atoms with E-state index in [9.17, 15) is 8.42 Å². The van der Waals surface area contributed by atoms with Crippen molar-refractivity contribution in [3.63, 3.8) is 0 Å². The van der Waals surface area contributed by atoms with E-state index >= 15 is 0 Å². The van der Waals surface area contributed by atoms with Gasteiger partial charge in [0.25, 0.3) is 0 Å². The van der Waals surface area contributed by atoms with E-state index in [1.165, 1.54) is 10.6 Å². The van der Waals surface area contributed by atoms with Gasteiger partial charge < -0.3 is 4.90 Å². The Morgan fingerprint density at radius 3 is 2.46 bits per heavy atom. The summed E-state index contributed by atoms with van der Waals surface area (Å²) in [5.74, 6) is 0. The molecule has 0 spiro atoms. The molecule has 0 amide bonds. The summed E-state index contributed by atoms with van der Waals surface area (Å²) in [6.45, 7) is 2.13. The van der Waals surface area contributed by atoms with E-state index in [1.54, 1.807) is 6.33 Å². The van der Waals surface area contributed by atoms with Gasteiger partial charge in [-0.25, -0.2) is 18.4 Å². The predicted octanol–water partition coefficient (Wildman–Crippen LogP) is 3.79. The Hall–Kier alpha value is -1.74. The highest BCUT2D eigenvalue weighted by molar-refractivity contribution is 9.10. The monoisotopic (exact) mass is 480 g/mol. The minimum atomic E-state index is -3.15. The maximum Gasteiger partial charge on any atom is 0.211 e. The summed E-state index contributed by atoms with van der Waals surface area (Å²) in [6, 6.07) is 11.8. The van der Waals surface area contributed by atoms with Crippen LogP contribution in [0, 0.1) is 0 Å². The summed E-state index contributed by atoms with van der Waals surface area (Å²) in [6.07, 6.45) is 2.80. The van der Waals surface area contributed by atoms with Crippen LogP contribution in [0.3, 0.4) is 0 Å². The Balaban J connectivity index is 1.64. The Morgan fingerprint density at radius 2 is 1.79 bits per heavy atom. The third kappa shape index (κ3) is 3.87. The molecule has 0 atom stereocenters. The first kappa shape index (κ1) is 19.6. The van der Waals surface area contributed by atoms with Crippen molar-refractivity contribution in [2.45, 2.75) is 0 Å². The number of aromatic nitrogens is 2.